The molecule has 3 rings (SSSR count). The van der Waals surface area contributed by atoms with E-state index in [9.17, 15) is 9.90 Å². The lowest BCUT2D eigenvalue weighted by Crippen LogP contribution is -2.32. The zero-order valence-electron chi connectivity index (χ0n) is 14.1. The van der Waals surface area contributed by atoms with Crippen molar-refractivity contribution >= 4 is 21.6 Å². The highest BCUT2D eigenvalue weighted by molar-refractivity contribution is 9.10. The second-order valence-electron chi connectivity index (χ2n) is 6.57. The van der Waals surface area contributed by atoms with Gasteiger partial charge in [-0.3, -0.25) is 9.36 Å². The minimum Gasteiger partial charge on any atom is -0.483 e. The molecule has 6 heteroatoms. The first-order chi connectivity index (χ1) is 11.8. The second-order valence-corrected chi connectivity index (χ2v) is 7.49. The van der Waals surface area contributed by atoms with Crippen LogP contribution in [-0.4, -0.2) is 27.0 Å². The maximum atomic E-state index is 12.6. The molecular weight excluding hydrogens is 386 g/mol. The zero-order chi connectivity index (χ0) is 18.2. The van der Waals surface area contributed by atoms with E-state index >= 15 is 0 Å². The first-order valence-electron chi connectivity index (χ1n) is 8.04. The van der Waals surface area contributed by atoms with Crippen LogP contribution in [0, 0.1) is 0 Å². The summed E-state index contributed by atoms with van der Waals surface area (Å²) in [6.45, 7) is 3.73. The van der Waals surface area contributed by atoms with Gasteiger partial charge in [0.15, 0.2) is 0 Å². The number of aliphatic hydroxyl groups is 2. The number of rotatable bonds is 4. The summed E-state index contributed by atoms with van der Waals surface area (Å²) in [5.74, 6) is 0.710. The number of pyridine rings is 1. The highest BCUT2D eigenvalue weighted by Gasteiger charge is 2.28. The first-order valence-corrected chi connectivity index (χ1v) is 8.84. The molecule has 0 saturated heterocycles. The molecule has 2 N–H and O–H groups in total. The Bertz CT molecular complexity index is 885. The maximum absolute atomic E-state index is 12.6. The Labute approximate surface area is 154 Å². The van der Waals surface area contributed by atoms with Gasteiger partial charge in [0.25, 0.3) is 5.56 Å². The van der Waals surface area contributed by atoms with Gasteiger partial charge >= 0.3 is 0 Å². The lowest BCUT2D eigenvalue weighted by atomic mass is 9.98. The third-order valence-corrected chi connectivity index (χ3v) is 4.56. The van der Waals surface area contributed by atoms with E-state index < -0.39 is 11.7 Å². The second kappa shape index (κ2) is 6.78. The molecule has 0 bridgehead atoms. The summed E-state index contributed by atoms with van der Waals surface area (Å²) in [6, 6.07) is 8.79. The van der Waals surface area contributed by atoms with E-state index in [1.807, 2.05) is 38.1 Å². The van der Waals surface area contributed by atoms with Crippen LogP contribution in [0.3, 0.4) is 0 Å². The Morgan fingerprint density at radius 2 is 2.04 bits per heavy atom. The predicted octanol–water partition coefficient (Wildman–Crippen LogP) is 3.09. The van der Waals surface area contributed by atoms with E-state index in [2.05, 4.69) is 15.9 Å². The van der Waals surface area contributed by atoms with Crippen molar-refractivity contribution < 1.29 is 14.9 Å². The minimum absolute atomic E-state index is 0.137. The van der Waals surface area contributed by atoms with Gasteiger partial charge in [-0.1, -0.05) is 15.9 Å². The zero-order valence-corrected chi connectivity index (χ0v) is 15.7. The van der Waals surface area contributed by atoms with Crippen LogP contribution in [0.1, 0.15) is 37.5 Å². The summed E-state index contributed by atoms with van der Waals surface area (Å²) in [5, 5.41) is 18.9. The van der Waals surface area contributed by atoms with Gasteiger partial charge in [-0.05, 0) is 49.8 Å². The van der Waals surface area contributed by atoms with Gasteiger partial charge in [-0.2, -0.15) is 0 Å². The standard InChI is InChI=1S/C19H20BrNO4/c1-19(2)11-15(14-10-13(20)3-4-17(14)25-19)21-7-5-12(9-18(21)24)16(23)6-8-22/h3-5,7,9-11,16,22-23H,6,8H2,1-2H3. The normalized spacial score (nSPS) is 16.6. The lowest BCUT2D eigenvalue weighted by Gasteiger charge is -2.31. The van der Waals surface area contributed by atoms with Crippen LogP contribution in [0.4, 0.5) is 0 Å². The number of hydrogen-bond acceptors (Lipinski definition) is 4. The topological polar surface area (TPSA) is 71.7 Å². The van der Waals surface area contributed by atoms with Gasteiger partial charge in [-0.15, -0.1) is 0 Å². The van der Waals surface area contributed by atoms with Crippen molar-refractivity contribution in [1.82, 2.24) is 4.57 Å². The van der Waals surface area contributed by atoms with E-state index in [1.165, 1.54) is 6.07 Å². The number of aliphatic hydroxyl groups excluding tert-OH is 2. The molecule has 2 aromatic rings. The molecule has 0 amide bonds. The molecule has 0 aliphatic carbocycles. The molecule has 2 heterocycles. The number of benzene rings is 1. The summed E-state index contributed by atoms with van der Waals surface area (Å²) in [7, 11) is 0. The molecule has 0 fully saturated rings. The van der Waals surface area contributed by atoms with Crippen molar-refractivity contribution in [3.8, 4) is 5.75 Å². The quantitative estimate of drug-likeness (QED) is 0.819. The molecule has 1 aromatic carbocycles. The van der Waals surface area contributed by atoms with Crippen LogP contribution in [0.5, 0.6) is 5.75 Å². The Balaban J connectivity index is 2.10. The summed E-state index contributed by atoms with van der Waals surface area (Å²) >= 11 is 3.46. The minimum atomic E-state index is -0.853. The van der Waals surface area contributed by atoms with Crippen molar-refractivity contribution in [2.45, 2.75) is 32.0 Å². The molecule has 0 radical (unpaired) electrons. The van der Waals surface area contributed by atoms with Crippen molar-refractivity contribution in [3.63, 3.8) is 0 Å². The fraction of sp³-hybridized carbons (Fsp3) is 0.316. The van der Waals surface area contributed by atoms with E-state index in [4.69, 9.17) is 9.84 Å². The van der Waals surface area contributed by atoms with Crippen LogP contribution < -0.4 is 10.3 Å². The molecule has 0 saturated carbocycles. The van der Waals surface area contributed by atoms with Crippen LogP contribution in [0.2, 0.25) is 0 Å². The van der Waals surface area contributed by atoms with Crippen molar-refractivity contribution in [3.05, 3.63) is 68.6 Å². The van der Waals surface area contributed by atoms with Crippen LogP contribution >= 0.6 is 15.9 Å². The molecule has 0 spiro atoms. The van der Waals surface area contributed by atoms with Gasteiger partial charge in [0.2, 0.25) is 0 Å². The van der Waals surface area contributed by atoms with E-state index in [-0.39, 0.29) is 18.6 Å². The third kappa shape index (κ3) is 3.71. The molecule has 5 nitrogen and oxygen atoms in total. The molecule has 1 aromatic heterocycles. The maximum Gasteiger partial charge on any atom is 0.255 e. The van der Waals surface area contributed by atoms with E-state index in [0.717, 1.165) is 15.7 Å². The highest BCUT2D eigenvalue weighted by Crippen LogP contribution is 2.37. The summed E-state index contributed by atoms with van der Waals surface area (Å²) < 4.78 is 8.42. The van der Waals surface area contributed by atoms with Crippen LogP contribution in [0.15, 0.2) is 51.9 Å². The van der Waals surface area contributed by atoms with Gasteiger partial charge in [0, 0.05) is 35.3 Å². The highest BCUT2D eigenvalue weighted by atomic mass is 79.9. The molecule has 1 aliphatic heterocycles. The lowest BCUT2D eigenvalue weighted by molar-refractivity contribution is 0.134. The summed E-state index contributed by atoms with van der Waals surface area (Å²) in [6.07, 6.45) is 2.90. The third-order valence-electron chi connectivity index (χ3n) is 4.07. The van der Waals surface area contributed by atoms with Crippen molar-refractivity contribution in [1.29, 1.82) is 0 Å². The van der Waals surface area contributed by atoms with E-state index in [0.29, 0.717) is 11.3 Å². The molecule has 1 unspecified atom stereocenters. The van der Waals surface area contributed by atoms with Gasteiger partial charge in [0.05, 0.1) is 11.8 Å². The van der Waals surface area contributed by atoms with Gasteiger partial charge in [0.1, 0.15) is 11.4 Å². The average molecular weight is 406 g/mol. The van der Waals surface area contributed by atoms with Crippen LogP contribution in [0.25, 0.3) is 5.70 Å². The fourth-order valence-electron chi connectivity index (χ4n) is 2.90. The number of nitrogens with zero attached hydrogens (tertiary/aromatic N) is 1. The van der Waals surface area contributed by atoms with Crippen LogP contribution in [-0.2, 0) is 0 Å². The fourth-order valence-corrected chi connectivity index (χ4v) is 3.26. The van der Waals surface area contributed by atoms with E-state index in [1.54, 1.807) is 16.8 Å². The largest absolute Gasteiger partial charge is 0.483 e. The smallest absolute Gasteiger partial charge is 0.255 e. The van der Waals surface area contributed by atoms with Gasteiger partial charge in [-0.25, -0.2) is 0 Å². The van der Waals surface area contributed by atoms with Crippen molar-refractivity contribution in [2.75, 3.05) is 6.61 Å². The Morgan fingerprint density at radius 1 is 1.28 bits per heavy atom. The Hall–Kier alpha value is -1.89. The predicted molar refractivity (Wildman–Crippen MR) is 99.6 cm³/mol. The number of ether oxygens (including phenoxy) is 1. The van der Waals surface area contributed by atoms with Crippen molar-refractivity contribution in [2.24, 2.45) is 0 Å². The molecule has 132 valence electrons. The average Bonchev–Trinajstić information content (AvgIpc) is 2.54. The molecular formula is C19H20BrNO4. The monoisotopic (exact) mass is 405 g/mol. The number of fused-ring (bicyclic) bond motifs is 1. The number of halogens is 1. The molecule has 25 heavy (non-hydrogen) atoms. The first kappa shape index (κ1) is 17.9. The summed E-state index contributed by atoms with van der Waals surface area (Å²) in [4.78, 5) is 12.6. The number of aromatic nitrogens is 1. The molecule has 1 atom stereocenters. The Morgan fingerprint density at radius 3 is 2.72 bits per heavy atom. The summed E-state index contributed by atoms with van der Waals surface area (Å²) in [5.41, 5.74) is 1.26. The Kier molecular flexibility index (Phi) is 4.86. The van der Waals surface area contributed by atoms with Gasteiger partial charge < -0.3 is 14.9 Å². The number of hydrogen-bond donors (Lipinski definition) is 2. The SMILES string of the molecule is CC1(C)C=C(n2ccc(C(O)CCO)cc2=O)c2cc(Br)ccc2O1. The molecule has 1 aliphatic rings.